The van der Waals surface area contributed by atoms with Gasteiger partial charge in [-0.3, -0.25) is 0 Å². The molecule has 0 saturated heterocycles. The van der Waals surface area contributed by atoms with Crippen LogP contribution in [0.1, 0.15) is 105 Å². The van der Waals surface area contributed by atoms with Crippen molar-refractivity contribution in [3.05, 3.63) is 168 Å². The molecule has 0 atom stereocenters. The summed E-state index contributed by atoms with van der Waals surface area (Å²) in [5.74, 6) is 0. The second-order valence-corrected chi connectivity index (χ2v) is 19.7. The lowest BCUT2D eigenvalue weighted by atomic mass is 9.82. The van der Waals surface area contributed by atoms with Crippen molar-refractivity contribution in [2.24, 2.45) is 0 Å². The molecule has 0 heterocycles. The predicted molar refractivity (Wildman–Crippen MR) is 246 cm³/mol. The Hall–Kier alpha value is -5.34. The molecule has 0 fully saturated rings. The SMILES string of the molecule is CC(C)(C)c1ccc(N(c2ccccc2)c2c3ccc(C(C)(C)C)cc3c(N(c3ccccc3)c3ccc(C(C)(C)C)cc3)c3ccc(C(C)(C)C)cc23)cc1. The van der Waals surface area contributed by atoms with Crippen LogP contribution in [-0.2, 0) is 21.7 Å². The first-order valence-corrected chi connectivity index (χ1v) is 20.3. The van der Waals surface area contributed by atoms with E-state index >= 15 is 0 Å². The fourth-order valence-corrected chi connectivity index (χ4v) is 7.79. The van der Waals surface area contributed by atoms with Crippen LogP contribution >= 0.6 is 0 Å². The molecular formula is C54H60N2. The van der Waals surface area contributed by atoms with Crippen molar-refractivity contribution >= 4 is 55.7 Å². The van der Waals surface area contributed by atoms with Crippen LogP contribution in [0.4, 0.5) is 34.1 Å². The Labute approximate surface area is 336 Å². The van der Waals surface area contributed by atoms with E-state index in [1.165, 1.54) is 55.2 Å². The van der Waals surface area contributed by atoms with E-state index in [0.717, 1.165) is 22.7 Å². The van der Waals surface area contributed by atoms with Crippen molar-refractivity contribution in [3.63, 3.8) is 0 Å². The average Bonchev–Trinajstić information content (AvgIpc) is 3.15. The highest BCUT2D eigenvalue weighted by Gasteiger charge is 2.29. The highest BCUT2D eigenvalue weighted by atomic mass is 15.2. The molecule has 7 aromatic carbocycles. The number of rotatable bonds is 6. The van der Waals surface area contributed by atoms with E-state index in [1.807, 2.05) is 0 Å². The summed E-state index contributed by atoms with van der Waals surface area (Å²) in [6.45, 7) is 27.6. The highest BCUT2D eigenvalue weighted by molar-refractivity contribution is 6.23. The van der Waals surface area contributed by atoms with Crippen LogP contribution in [0.2, 0.25) is 0 Å². The van der Waals surface area contributed by atoms with Crippen LogP contribution in [0, 0.1) is 0 Å². The van der Waals surface area contributed by atoms with Crippen molar-refractivity contribution in [1.29, 1.82) is 0 Å². The van der Waals surface area contributed by atoms with Crippen molar-refractivity contribution in [3.8, 4) is 0 Å². The zero-order valence-electron chi connectivity index (χ0n) is 35.8. The molecule has 56 heavy (non-hydrogen) atoms. The Morgan fingerprint density at radius 2 is 0.536 bits per heavy atom. The van der Waals surface area contributed by atoms with Gasteiger partial charge in [0.05, 0.1) is 11.4 Å². The van der Waals surface area contributed by atoms with E-state index in [9.17, 15) is 0 Å². The van der Waals surface area contributed by atoms with Crippen molar-refractivity contribution in [2.45, 2.75) is 105 Å². The molecule has 0 aliphatic rings. The third-order valence-electron chi connectivity index (χ3n) is 11.3. The highest BCUT2D eigenvalue weighted by Crippen LogP contribution is 2.52. The third kappa shape index (κ3) is 7.59. The maximum Gasteiger partial charge on any atom is 0.0620 e. The first kappa shape index (κ1) is 38.9. The summed E-state index contributed by atoms with van der Waals surface area (Å²) in [6, 6.07) is 54.7. The quantitative estimate of drug-likeness (QED) is 0.124. The number of hydrogen-bond acceptors (Lipinski definition) is 2. The molecule has 0 aliphatic heterocycles. The second kappa shape index (κ2) is 14.3. The standard InChI is InChI=1S/C54H60N2/c1-51(2,3)37-23-29-43(30-24-37)55(41-19-15-13-16-20-41)49-45-33-27-40(54(10,11)12)36-48(45)50(46-34-28-39(35-47(46)49)53(7,8)9)56(42-21-17-14-18-22-42)44-31-25-38(26-32-44)52(4,5)6/h13-36H,1-12H3. The predicted octanol–water partition coefficient (Wildman–Crippen LogP) is 16.1. The van der Waals surface area contributed by atoms with Crippen molar-refractivity contribution < 1.29 is 0 Å². The molecule has 2 nitrogen and oxygen atoms in total. The topological polar surface area (TPSA) is 6.48 Å². The molecule has 286 valence electrons. The molecule has 0 bridgehead atoms. The fraction of sp³-hybridized carbons (Fsp3) is 0.296. The van der Waals surface area contributed by atoms with Crippen LogP contribution < -0.4 is 9.80 Å². The van der Waals surface area contributed by atoms with Gasteiger partial charge < -0.3 is 9.80 Å². The minimum atomic E-state index is -0.0511. The first-order valence-electron chi connectivity index (χ1n) is 20.3. The first-order chi connectivity index (χ1) is 26.3. The zero-order valence-corrected chi connectivity index (χ0v) is 35.8. The van der Waals surface area contributed by atoms with Crippen LogP contribution in [0.5, 0.6) is 0 Å². The molecule has 0 N–H and O–H groups in total. The van der Waals surface area contributed by atoms with Gasteiger partial charge in [0, 0.05) is 44.3 Å². The fourth-order valence-electron chi connectivity index (χ4n) is 7.79. The molecule has 0 saturated carbocycles. The molecule has 0 amide bonds. The van der Waals surface area contributed by atoms with E-state index in [0.29, 0.717) is 0 Å². The third-order valence-corrected chi connectivity index (χ3v) is 11.3. The number of fused-ring (bicyclic) bond motifs is 2. The number of benzene rings is 7. The van der Waals surface area contributed by atoms with Gasteiger partial charge >= 0.3 is 0 Å². The largest absolute Gasteiger partial charge is 0.309 e. The molecule has 7 rings (SSSR count). The molecule has 0 radical (unpaired) electrons. The van der Waals surface area contributed by atoms with Gasteiger partial charge in [0.2, 0.25) is 0 Å². The van der Waals surface area contributed by atoms with Gasteiger partial charge in [-0.1, -0.05) is 168 Å². The van der Waals surface area contributed by atoms with Gasteiger partial charge in [-0.05, 0) is 105 Å². The van der Waals surface area contributed by atoms with E-state index in [2.05, 4.69) is 238 Å². The van der Waals surface area contributed by atoms with Crippen molar-refractivity contribution in [2.75, 3.05) is 9.80 Å². The van der Waals surface area contributed by atoms with Gasteiger partial charge in [0.15, 0.2) is 0 Å². The summed E-state index contributed by atoms with van der Waals surface area (Å²) < 4.78 is 0. The van der Waals surface area contributed by atoms with E-state index < -0.39 is 0 Å². The van der Waals surface area contributed by atoms with Crippen LogP contribution in [-0.4, -0.2) is 0 Å². The Kier molecular flexibility index (Phi) is 9.94. The Morgan fingerprint density at radius 1 is 0.268 bits per heavy atom. The minimum absolute atomic E-state index is 0.0497. The van der Waals surface area contributed by atoms with Gasteiger partial charge in [-0.25, -0.2) is 0 Å². The molecule has 7 aromatic rings. The molecule has 2 heteroatoms. The number of para-hydroxylation sites is 2. The summed E-state index contributed by atoms with van der Waals surface area (Å²) in [5, 5.41) is 4.86. The Bertz CT molecular complexity index is 2290. The lowest BCUT2D eigenvalue weighted by molar-refractivity contribution is 0.590. The normalized spacial score (nSPS) is 12.6. The maximum absolute atomic E-state index is 2.50. The van der Waals surface area contributed by atoms with E-state index in [1.54, 1.807) is 0 Å². The smallest absolute Gasteiger partial charge is 0.0620 e. The molecule has 0 aromatic heterocycles. The summed E-state index contributed by atoms with van der Waals surface area (Å²) >= 11 is 0. The maximum atomic E-state index is 2.50. The molecule has 0 unspecified atom stereocenters. The summed E-state index contributed by atoms with van der Waals surface area (Å²) in [5.41, 5.74) is 12.2. The molecule has 0 spiro atoms. The van der Waals surface area contributed by atoms with Crippen LogP contribution in [0.25, 0.3) is 21.5 Å². The molecule has 0 aliphatic carbocycles. The van der Waals surface area contributed by atoms with E-state index in [4.69, 9.17) is 0 Å². The van der Waals surface area contributed by atoms with Gasteiger partial charge in [0.25, 0.3) is 0 Å². The van der Waals surface area contributed by atoms with Crippen molar-refractivity contribution in [1.82, 2.24) is 0 Å². The monoisotopic (exact) mass is 736 g/mol. The molecular weight excluding hydrogens is 677 g/mol. The van der Waals surface area contributed by atoms with E-state index in [-0.39, 0.29) is 21.7 Å². The minimum Gasteiger partial charge on any atom is -0.309 e. The summed E-state index contributed by atoms with van der Waals surface area (Å²) in [6.07, 6.45) is 0. The van der Waals surface area contributed by atoms with Crippen LogP contribution in [0.15, 0.2) is 146 Å². The van der Waals surface area contributed by atoms with Gasteiger partial charge in [-0.2, -0.15) is 0 Å². The second-order valence-electron chi connectivity index (χ2n) is 19.7. The number of nitrogens with zero attached hydrogens (tertiary/aromatic N) is 2. The number of hydrogen-bond donors (Lipinski definition) is 0. The van der Waals surface area contributed by atoms with Gasteiger partial charge in [0.1, 0.15) is 0 Å². The van der Waals surface area contributed by atoms with Crippen LogP contribution in [0.3, 0.4) is 0 Å². The lowest BCUT2D eigenvalue weighted by Gasteiger charge is -2.34. The average molecular weight is 737 g/mol. The lowest BCUT2D eigenvalue weighted by Crippen LogP contribution is -2.17. The zero-order chi connectivity index (χ0) is 40.2. The Balaban J connectivity index is 1.67. The number of anilines is 6. The Morgan fingerprint density at radius 3 is 0.821 bits per heavy atom. The summed E-state index contributed by atoms with van der Waals surface area (Å²) in [7, 11) is 0. The van der Waals surface area contributed by atoms with Gasteiger partial charge in [-0.15, -0.1) is 0 Å². The summed E-state index contributed by atoms with van der Waals surface area (Å²) in [4.78, 5) is 4.99.